The number of rotatable bonds is 4. The van der Waals surface area contributed by atoms with Gasteiger partial charge in [0.15, 0.2) is 0 Å². The van der Waals surface area contributed by atoms with Crippen molar-refractivity contribution in [1.29, 1.82) is 0 Å². The number of pyridine rings is 1. The second kappa shape index (κ2) is 8.25. The fourth-order valence-electron chi connectivity index (χ4n) is 4.84. The summed E-state index contributed by atoms with van der Waals surface area (Å²) >= 11 is 0. The lowest BCUT2D eigenvalue weighted by Crippen LogP contribution is -2.29. The number of carbonyl (C=O) groups excluding carboxylic acids is 2. The van der Waals surface area contributed by atoms with Gasteiger partial charge in [0.25, 0.3) is 11.7 Å². The van der Waals surface area contributed by atoms with Crippen molar-refractivity contribution in [3.05, 3.63) is 120 Å². The maximum absolute atomic E-state index is 13.4. The van der Waals surface area contributed by atoms with Gasteiger partial charge in [-0.3, -0.25) is 14.6 Å². The summed E-state index contributed by atoms with van der Waals surface area (Å²) in [5.74, 6) is -1.55. The van der Waals surface area contributed by atoms with E-state index in [1.165, 1.54) is 4.90 Å². The third kappa shape index (κ3) is 3.47. The number of para-hydroxylation sites is 1. The number of Topliss-reactive ketones (excluding diaryl/α,β-unsaturated/α-hetero) is 1. The van der Waals surface area contributed by atoms with Crippen LogP contribution in [0.4, 0.5) is 0 Å². The van der Waals surface area contributed by atoms with E-state index in [0.717, 1.165) is 27.2 Å². The Morgan fingerprint density at radius 1 is 0.914 bits per heavy atom. The van der Waals surface area contributed by atoms with Gasteiger partial charge in [0.1, 0.15) is 5.76 Å². The Morgan fingerprint density at radius 3 is 2.51 bits per heavy atom. The van der Waals surface area contributed by atoms with Gasteiger partial charge in [-0.1, -0.05) is 60.7 Å². The Balaban J connectivity index is 1.55. The van der Waals surface area contributed by atoms with Gasteiger partial charge < -0.3 is 15.0 Å². The second-order valence-electron chi connectivity index (χ2n) is 8.60. The van der Waals surface area contributed by atoms with Crippen LogP contribution in [0.25, 0.3) is 27.4 Å². The first-order valence-corrected chi connectivity index (χ1v) is 11.4. The molecular weight excluding hydrogens is 438 g/mol. The van der Waals surface area contributed by atoms with E-state index < -0.39 is 17.7 Å². The van der Waals surface area contributed by atoms with Gasteiger partial charge in [0.05, 0.1) is 23.9 Å². The number of aliphatic hydroxyl groups excluding tert-OH is 1. The maximum Gasteiger partial charge on any atom is 0.296 e. The Morgan fingerprint density at radius 2 is 1.69 bits per heavy atom. The van der Waals surface area contributed by atoms with Crippen molar-refractivity contribution >= 4 is 39.1 Å². The molecule has 0 aliphatic carbocycles. The van der Waals surface area contributed by atoms with E-state index in [9.17, 15) is 14.7 Å². The molecule has 0 saturated carbocycles. The number of aliphatic hydroxyl groups is 1. The van der Waals surface area contributed by atoms with E-state index in [1.807, 2.05) is 72.8 Å². The maximum atomic E-state index is 13.4. The SMILES string of the molecule is O=C1C(=O)N(Cc2ccccn2)C(c2c[nH]c3ccccc23)/C1=C(\O)c1ccc2ccccc2c1. The molecule has 5 aromatic rings. The molecule has 1 fully saturated rings. The van der Waals surface area contributed by atoms with Crippen LogP contribution in [0.15, 0.2) is 103 Å². The lowest BCUT2D eigenvalue weighted by Gasteiger charge is -2.24. The van der Waals surface area contributed by atoms with E-state index in [2.05, 4.69) is 9.97 Å². The summed E-state index contributed by atoms with van der Waals surface area (Å²) in [6.07, 6.45) is 3.46. The second-order valence-corrected chi connectivity index (χ2v) is 8.60. The van der Waals surface area contributed by atoms with Gasteiger partial charge in [-0.05, 0) is 35.0 Å². The Labute approximate surface area is 201 Å². The molecule has 1 amide bonds. The molecule has 0 radical (unpaired) electrons. The van der Waals surface area contributed by atoms with Crippen LogP contribution in [-0.4, -0.2) is 31.7 Å². The smallest absolute Gasteiger partial charge is 0.296 e. The third-order valence-electron chi connectivity index (χ3n) is 6.54. The lowest BCUT2D eigenvalue weighted by molar-refractivity contribution is -0.140. The quantitative estimate of drug-likeness (QED) is 0.216. The predicted octanol–water partition coefficient (Wildman–Crippen LogP) is 5.34. The van der Waals surface area contributed by atoms with Crippen molar-refractivity contribution in [3.63, 3.8) is 0 Å². The van der Waals surface area contributed by atoms with Gasteiger partial charge in [-0.25, -0.2) is 0 Å². The number of nitrogens with zero attached hydrogens (tertiary/aromatic N) is 2. The van der Waals surface area contributed by atoms with E-state index in [1.54, 1.807) is 24.5 Å². The Kier molecular flexibility index (Phi) is 4.92. The molecule has 1 saturated heterocycles. The number of nitrogens with one attached hydrogen (secondary N) is 1. The van der Waals surface area contributed by atoms with E-state index in [4.69, 9.17) is 0 Å². The molecule has 6 nitrogen and oxygen atoms in total. The third-order valence-corrected chi connectivity index (χ3v) is 6.54. The fraction of sp³-hybridized carbons (Fsp3) is 0.0690. The number of aromatic amines is 1. The average Bonchev–Trinajstić information content (AvgIpc) is 3.43. The minimum atomic E-state index is -0.764. The van der Waals surface area contributed by atoms with Crippen molar-refractivity contribution in [3.8, 4) is 0 Å². The Hall–Kier alpha value is -4.71. The molecule has 0 spiro atoms. The van der Waals surface area contributed by atoms with Gasteiger partial charge in [0.2, 0.25) is 0 Å². The van der Waals surface area contributed by atoms with Gasteiger partial charge in [0, 0.05) is 34.4 Å². The first-order valence-electron chi connectivity index (χ1n) is 11.4. The molecule has 35 heavy (non-hydrogen) atoms. The van der Waals surface area contributed by atoms with Crippen molar-refractivity contribution in [2.75, 3.05) is 0 Å². The van der Waals surface area contributed by atoms with Gasteiger partial charge >= 0.3 is 0 Å². The number of hydrogen-bond donors (Lipinski definition) is 2. The fourth-order valence-corrected chi connectivity index (χ4v) is 4.84. The van der Waals surface area contributed by atoms with Crippen LogP contribution in [0.5, 0.6) is 0 Å². The molecule has 1 aliphatic rings. The molecule has 1 unspecified atom stereocenters. The van der Waals surface area contributed by atoms with Crippen molar-refractivity contribution < 1.29 is 14.7 Å². The number of carbonyl (C=O) groups is 2. The number of H-pyrrole nitrogens is 1. The highest BCUT2D eigenvalue weighted by molar-refractivity contribution is 6.46. The number of likely N-dealkylation sites (tertiary alicyclic amines) is 1. The number of benzene rings is 3. The first-order chi connectivity index (χ1) is 17.1. The van der Waals surface area contributed by atoms with Crippen LogP contribution in [0, 0.1) is 0 Å². The summed E-state index contributed by atoms with van der Waals surface area (Å²) in [6.45, 7) is 0.143. The number of ketones is 1. The number of hydrogen-bond acceptors (Lipinski definition) is 4. The van der Waals surface area contributed by atoms with Crippen molar-refractivity contribution in [2.24, 2.45) is 0 Å². The van der Waals surface area contributed by atoms with Gasteiger partial charge in [-0.2, -0.15) is 0 Å². The van der Waals surface area contributed by atoms with Gasteiger partial charge in [-0.15, -0.1) is 0 Å². The highest BCUT2D eigenvalue weighted by atomic mass is 16.3. The molecule has 1 aliphatic heterocycles. The van der Waals surface area contributed by atoms with E-state index in [0.29, 0.717) is 11.3 Å². The van der Waals surface area contributed by atoms with Crippen molar-refractivity contribution in [1.82, 2.24) is 14.9 Å². The summed E-state index contributed by atoms with van der Waals surface area (Å²) in [6, 6.07) is 25.7. The van der Waals surface area contributed by atoms with Crippen molar-refractivity contribution in [2.45, 2.75) is 12.6 Å². The highest BCUT2D eigenvalue weighted by Crippen LogP contribution is 2.42. The number of amides is 1. The summed E-state index contributed by atoms with van der Waals surface area (Å²) in [5, 5.41) is 14.3. The standard InChI is InChI=1S/C29H21N3O3/c33-27(20-13-12-18-7-1-2-8-19(18)15-20)25-26(23-16-31-24-11-4-3-10-22(23)24)32(29(35)28(25)34)17-21-9-5-6-14-30-21/h1-16,26,31,33H,17H2/b27-25+. The largest absolute Gasteiger partial charge is 0.507 e. The average molecular weight is 460 g/mol. The summed E-state index contributed by atoms with van der Waals surface area (Å²) < 4.78 is 0. The molecule has 6 rings (SSSR count). The lowest BCUT2D eigenvalue weighted by atomic mass is 9.94. The molecule has 3 aromatic carbocycles. The van der Waals surface area contributed by atoms with Crippen LogP contribution in [0.2, 0.25) is 0 Å². The van der Waals surface area contributed by atoms with Crippen LogP contribution < -0.4 is 0 Å². The summed E-state index contributed by atoms with van der Waals surface area (Å²) in [5.41, 5.74) is 2.86. The molecule has 1 atom stereocenters. The topological polar surface area (TPSA) is 86.3 Å². The minimum Gasteiger partial charge on any atom is -0.507 e. The first kappa shape index (κ1) is 20.9. The normalized spacial score (nSPS) is 17.5. The molecule has 2 aromatic heterocycles. The van der Waals surface area contributed by atoms with Crippen LogP contribution in [0.1, 0.15) is 22.9 Å². The molecule has 170 valence electrons. The van der Waals surface area contributed by atoms with E-state index in [-0.39, 0.29) is 17.9 Å². The molecule has 0 bridgehead atoms. The zero-order chi connectivity index (χ0) is 23.9. The van der Waals surface area contributed by atoms with Crippen LogP contribution in [0.3, 0.4) is 0 Å². The molecular formula is C29H21N3O3. The monoisotopic (exact) mass is 459 g/mol. The summed E-state index contributed by atoms with van der Waals surface area (Å²) in [7, 11) is 0. The Bertz CT molecular complexity index is 1640. The minimum absolute atomic E-state index is 0.0750. The van der Waals surface area contributed by atoms with E-state index >= 15 is 0 Å². The van der Waals surface area contributed by atoms with Crippen LogP contribution >= 0.6 is 0 Å². The molecule has 2 N–H and O–H groups in total. The summed E-state index contributed by atoms with van der Waals surface area (Å²) in [4.78, 5) is 35.8. The zero-order valence-corrected chi connectivity index (χ0v) is 18.7. The predicted molar refractivity (Wildman–Crippen MR) is 134 cm³/mol. The zero-order valence-electron chi connectivity index (χ0n) is 18.7. The highest BCUT2D eigenvalue weighted by Gasteiger charge is 2.47. The number of aromatic nitrogens is 2. The molecule has 6 heteroatoms. The van der Waals surface area contributed by atoms with Crippen LogP contribution in [-0.2, 0) is 16.1 Å². The molecule has 3 heterocycles. The number of fused-ring (bicyclic) bond motifs is 2.